The van der Waals surface area contributed by atoms with Crippen LogP contribution in [-0.4, -0.2) is 53.7 Å². The summed E-state index contributed by atoms with van der Waals surface area (Å²) in [6, 6.07) is -0.0512. The van der Waals surface area contributed by atoms with Crippen LogP contribution in [0.2, 0.25) is 0 Å². The summed E-state index contributed by atoms with van der Waals surface area (Å²) < 4.78 is 0. The largest absolute Gasteiger partial charge is 0.480 e. The van der Waals surface area contributed by atoms with Gasteiger partial charge in [0.15, 0.2) is 0 Å². The molecule has 1 aliphatic heterocycles. The molecule has 2 aliphatic rings. The quantitative estimate of drug-likeness (QED) is 0.707. The first kappa shape index (κ1) is 14.1. The molecule has 2 rings (SSSR count). The average Bonchev–Trinajstić information content (AvgIpc) is 2.88. The Bertz CT molecular complexity index is 347. The summed E-state index contributed by atoms with van der Waals surface area (Å²) in [5.41, 5.74) is -1.04. The number of nitrogens with zero attached hydrogens (tertiary/aromatic N) is 1. The van der Waals surface area contributed by atoms with Crippen molar-refractivity contribution in [3.63, 3.8) is 0 Å². The highest BCUT2D eigenvalue weighted by Crippen LogP contribution is 2.30. The van der Waals surface area contributed by atoms with Crippen molar-refractivity contribution in [2.45, 2.75) is 50.1 Å². The Balaban J connectivity index is 1.97. The molecule has 108 valence electrons. The highest BCUT2D eigenvalue weighted by Gasteiger charge is 2.43. The molecule has 0 atom stereocenters. The van der Waals surface area contributed by atoms with E-state index in [-0.39, 0.29) is 12.1 Å². The zero-order valence-corrected chi connectivity index (χ0v) is 11.4. The van der Waals surface area contributed by atoms with Crippen LogP contribution in [0.3, 0.4) is 0 Å². The lowest BCUT2D eigenvalue weighted by Crippen LogP contribution is -2.58. The fourth-order valence-corrected chi connectivity index (χ4v) is 3.02. The highest BCUT2D eigenvalue weighted by atomic mass is 16.4. The summed E-state index contributed by atoms with van der Waals surface area (Å²) in [4.78, 5) is 25.3. The number of rotatable bonds is 3. The van der Waals surface area contributed by atoms with Crippen LogP contribution in [0.15, 0.2) is 0 Å². The number of amides is 2. The first-order valence-electron chi connectivity index (χ1n) is 7.04. The molecule has 1 aliphatic carbocycles. The molecule has 1 heterocycles. The zero-order chi connectivity index (χ0) is 13.9. The molecular weight excluding hydrogens is 246 g/mol. The van der Waals surface area contributed by atoms with Crippen LogP contribution in [0.1, 0.15) is 38.5 Å². The van der Waals surface area contributed by atoms with Crippen LogP contribution >= 0.6 is 0 Å². The third-order valence-corrected chi connectivity index (χ3v) is 4.39. The standard InChI is InChI=1S/C13H23N3O3/c1-16(10-4-8-14-9-5-10)12(19)15-13(11(17)18)6-2-3-7-13/h10,14H,2-9H2,1H3,(H,15,19)(H,17,18). The number of carbonyl (C=O) groups excluding carboxylic acids is 1. The van der Waals surface area contributed by atoms with E-state index >= 15 is 0 Å². The molecule has 0 bridgehead atoms. The lowest BCUT2D eigenvalue weighted by Gasteiger charge is -2.34. The summed E-state index contributed by atoms with van der Waals surface area (Å²) >= 11 is 0. The van der Waals surface area contributed by atoms with Gasteiger partial charge in [0.1, 0.15) is 5.54 Å². The number of carboxylic acids is 1. The predicted molar refractivity (Wildman–Crippen MR) is 71.0 cm³/mol. The first-order chi connectivity index (χ1) is 9.05. The molecule has 0 aromatic heterocycles. The fourth-order valence-electron chi connectivity index (χ4n) is 3.02. The maximum absolute atomic E-state index is 12.2. The minimum Gasteiger partial charge on any atom is -0.480 e. The topological polar surface area (TPSA) is 81.7 Å². The van der Waals surface area contributed by atoms with Gasteiger partial charge in [-0.25, -0.2) is 9.59 Å². The van der Waals surface area contributed by atoms with E-state index in [4.69, 9.17) is 0 Å². The third-order valence-electron chi connectivity index (χ3n) is 4.39. The van der Waals surface area contributed by atoms with Crippen molar-refractivity contribution >= 4 is 12.0 Å². The van der Waals surface area contributed by atoms with E-state index in [1.54, 1.807) is 11.9 Å². The first-order valence-corrected chi connectivity index (χ1v) is 7.04. The molecule has 19 heavy (non-hydrogen) atoms. The molecule has 1 saturated heterocycles. The summed E-state index contributed by atoms with van der Waals surface area (Å²) in [5, 5.41) is 15.4. The van der Waals surface area contributed by atoms with Gasteiger partial charge in [-0.3, -0.25) is 0 Å². The summed E-state index contributed by atoms with van der Waals surface area (Å²) in [7, 11) is 1.76. The Kier molecular flexibility index (Phi) is 4.29. The average molecular weight is 269 g/mol. The Morgan fingerprint density at radius 3 is 2.37 bits per heavy atom. The third kappa shape index (κ3) is 3.00. The van der Waals surface area contributed by atoms with E-state index < -0.39 is 11.5 Å². The van der Waals surface area contributed by atoms with Crippen molar-refractivity contribution in [1.29, 1.82) is 0 Å². The van der Waals surface area contributed by atoms with Gasteiger partial charge >= 0.3 is 12.0 Å². The minimum atomic E-state index is -1.04. The Labute approximate surface area is 113 Å². The lowest BCUT2D eigenvalue weighted by atomic mass is 9.98. The Hall–Kier alpha value is -1.30. The van der Waals surface area contributed by atoms with E-state index in [9.17, 15) is 14.7 Å². The molecule has 0 radical (unpaired) electrons. The summed E-state index contributed by atoms with van der Waals surface area (Å²) in [5.74, 6) is -0.905. The number of nitrogens with one attached hydrogen (secondary N) is 2. The maximum Gasteiger partial charge on any atom is 0.329 e. The predicted octanol–water partition coefficient (Wildman–Crippen LogP) is 0.777. The molecule has 0 aromatic rings. The number of urea groups is 1. The number of piperidine rings is 1. The minimum absolute atomic E-state index is 0.202. The normalized spacial score (nSPS) is 23.0. The van der Waals surface area contributed by atoms with Crippen molar-refractivity contribution in [3.05, 3.63) is 0 Å². The molecule has 2 amide bonds. The van der Waals surface area contributed by atoms with Crippen LogP contribution in [0, 0.1) is 0 Å². The van der Waals surface area contributed by atoms with Crippen LogP contribution < -0.4 is 10.6 Å². The van der Waals surface area contributed by atoms with Crippen LogP contribution in [0.4, 0.5) is 4.79 Å². The summed E-state index contributed by atoms with van der Waals surface area (Å²) in [6.07, 6.45) is 4.64. The van der Waals surface area contributed by atoms with Crippen LogP contribution in [-0.2, 0) is 4.79 Å². The van der Waals surface area contributed by atoms with Crippen molar-refractivity contribution in [2.75, 3.05) is 20.1 Å². The number of carboxylic acid groups (broad SMARTS) is 1. The smallest absolute Gasteiger partial charge is 0.329 e. The van der Waals surface area contributed by atoms with Crippen LogP contribution in [0.25, 0.3) is 0 Å². The van der Waals surface area contributed by atoms with E-state index in [0.717, 1.165) is 38.8 Å². The van der Waals surface area contributed by atoms with Gasteiger partial charge in [0.05, 0.1) is 0 Å². The maximum atomic E-state index is 12.2. The molecule has 1 saturated carbocycles. The van der Waals surface area contributed by atoms with Crippen molar-refractivity contribution in [3.8, 4) is 0 Å². The molecule has 3 N–H and O–H groups in total. The van der Waals surface area contributed by atoms with E-state index in [0.29, 0.717) is 12.8 Å². The molecule has 2 fully saturated rings. The molecule has 0 unspecified atom stereocenters. The summed E-state index contributed by atoms with van der Waals surface area (Å²) in [6.45, 7) is 1.82. The van der Waals surface area contributed by atoms with Crippen LogP contribution in [0.5, 0.6) is 0 Å². The molecule has 6 nitrogen and oxygen atoms in total. The Morgan fingerprint density at radius 2 is 1.84 bits per heavy atom. The van der Waals surface area contributed by atoms with Gasteiger partial charge in [-0.05, 0) is 38.8 Å². The molecular formula is C13H23N3O3. The van der Waals surface area contributed by atoms with Gasteiger partial charge in [-0.2, -0.15) is 0 Å². The highest BCUT2D eigenvalue weighted by molar-refractivity contribution is 5.86. The van der Waals surface area contributed by atoms with Crippen molar-refractivity contribution in [2.24, 2.45) is 0 Å². The van der Waals surface area contributed by atoms with Gasteiger partial charge in [0.2, 0.25) is 0 Å². The fraction of sp³-hybridized carbons (Fsp3) is 0.846. The zero-order valence-electron chi connectivity index (χ0n) is 11.4. The van der Waals surface area contributed by atoms with E-state index in [1.807, 2.05) is 0 Å². The van der Waals surface area contributed by atoms with E-state index in [1.165, 1.54) is 0 Å². The number of carbonyl (C=O) groups is 2. The van der Waals surface area contributed by atoms with Crippen molar-refractivity contribution < 1.29 is 14.7 Å². The second-order valence-corrected chi connectivity index (χ2v) is 5.62. The monoisotopic (exact) mass is 269 g/mol. The molecule has 6 heteroatoms. The van der Waals surface area contributed by atoms with Gasteiger partial charge in [0, 0.05) is 13.1 Å². The van der Waals surface area contributed by atoms with Gasteiger partial charge in [-0.15, -0.1) is 0 Å². The van der Waals surface area contributed by atoms with Gasteiger partial charge in [-0.1, -0.05) is 12.8 Å². The molecule has 0 aromatic carbocycles. The number of hydrogen-bond acceptors (Lipinski definition) is 3. The van der Waals surface area contributed by atoms with Gasteiger partial charge < -0.3 is 20.6 Å². The van der Waals surface area contributed by atoms with E-state index in [2.05, 4.69) is 10.6 Å². The number of hydrogen-bond donors (Lipinski definition) is 3. The van der Waals surface area contributed by atoms with Gasteiger partial charge in [0.25, 0.3) is 0 Å². The Morgan fingerprint density at radius 1 is 1.26 bits per heavy atom. The number of aliphatic carboxylic acids is 1. The SMILES string of the molecule is CN(C(=O)NC1(C(=O)O)CCCC1)C1CCNCC1. The lowest BCUT2D eigenvalue weighted by molar-refractivity contribution is -0.144. The second-order valence-electron chi connectivity index (χ2n) is 5.62. The van der Waals surface area contributed by atoms with Crippen molar-refractivity contribution in [1.82, 2.24) is 15.5 Å². The molecule has 0 spiro atoms. The second kappa shape index (κ2) is 5.77.